The van der Waals surface area contributed by atoms with E-state index < -0.39 is 0 Å². The molecule has 21 heavy (non-hydrogen) atoms. The highest BCUT2D eigenvalue weighted by Gasteiger charge is 2.21. The van der Waals surface area contributed by atoms with Gasteiger partial charge in [-0.2, -0.15) is 0 Å². The highest BCUT2D eigenvalue weighted by Crippen LogP contribution is 2.25. The molecule has 0 fully saturated rings. The van der Waals surface area contributed by atoms with Crippen molar-refractivity contribution in [3.05, 3.63) is 46.3 Å². The third-order valence-electron chi connectivity index (χ3n) is 3.17. The largest absolute Gasteiger partial charge is 0.223 e. The number of hydrogen-bond donors (Lipinski definition) is 0. The topological polar surface area (TPSA) is 56.5 Å². The first-order chi connectivity index (χ1) is 9.95. The second-order valence-electron chi connectivity index (χ2n) is 5.99. The van der Waals surface area contributed by atoms with Gasteiger partial charge in [0.1, 0.15) is 10.4 Å². The van der Waals surface area contributed by atoms with Crippen LogP contribution in [0.25, 0.3) is 11.2 Å². The molecule has 0 atom stereocenters. The summed E-state index contributed by atoms with van der Waals surface area (Å²) >= 11 is 3.47. The average molecular weight is 346 g/mol. The molecule has 2 heterocycles. The normalized spacial score (nSPS) is 12.0. The molecule has 3 aromatic rings. The van der Waals surface area contributed by atoms with Crippen molar-refractivity contribution >= 4 is 27.1 Å². The lowest BCUT2D eigenvalue weighted by atomic mass is 9.96. The molecule has 0 N–H and O–H groups in total. The summed E-state index contributed by atoms with van der Waals surface area (Å²) in [7, 11) is 0. The second kappa shape index (κ2) is 5.18. The first kappa shape index (κ1) is 14.1. The molecule has 0 aliphatic carbocycles. The first-order valence-corrected chi connectivity index (χ1v) is 7.55. The van der Waals surface area contributed by atoms with Crippen LogP contribution in [-0.4, -0.2) is 25.0 Å². The maximum Gasteiger partial charge on any atom is 0.183 e. The van der Waals surface area contributed by atoms with Crippen LogP contribution >= 0.6 is 15.9 Å². The van der Waals surface area contributed by atoms with Crippen molar-refractivity contribution in [3.8, 4) is 0 Å². The highest BCUT2D eigenvalue weighted by molar-refractivity contribution is 9.10. The molecule has 0 saturated carbocycles. The number of hydrogen-bond acceptors (Lipinski definition) is 4. The molecule has 0 spiro atoms. The van der Waals surface area contributed by atoms with E-state index in [1.807, 2.05) is 22.9 Å². The smallest absolute Gasteiger partial charge is 0.183 e. The molecule has 6 heteroatoms. The maximum absolute atomic E-state index is 4.66. The minimum Gasteiger partial charge on any atom is -0.223 e. The van der Waals surface area contributed by atoms with Gasteiger partial charge in [0.05, 0.1) is 6.54 Å². The Morgan fingerprint density at radius 3 is 2.48 bits per heavy atom. The Morgan fingerprint density at radius 1 is 1.10 bits per heavy atom. The fourth-order valence-electron chi connectivity index (χ4n) is 2.02. The first-order valence-electron chi connectivity index (χ1n) is 6.76. The predicted octanol–water partition coefficient (Wildman–Crippen LogP) is 3.33. The van der Waals surface area contributed by atoms with Crippen molar-refractivity contribution in [1.82, 2.24) is 25.0 Å². The summed E-state index contributed by atoms with van der Waals surface area (Å²) in [6.45, 7) is 6.91. The van der Waals surface area contributed by atoms with Gasteiger partial charge in [-0.05, 0) is 21.5 Å². The number of rotatable bonds is 2. The number of fused-ring (bicyclic) bond motifs is 1. The van der Waals surface area contributed by atoms with Gasteiger partial charge in [-0.3, -0.25) is 0 Å². The third-order valence-corrected chi connectivity index (χ3v) is 3.72. The van der Waals surface area contributed by atoms with E-state index in [0.29, 0.717) is 16.7 Å². The molecule has 5 nitrogen and oxygen atoms in total. The standard InChI is InChI=1S/C15H16BrN5/c1-15(2,3)14-17-12(16)11-13(18-14)21(20-19-11)9-10-7-5-4-6-8-10/h4-8H,9H2,1-3H3. The number of halogens is 1. The van der Waals surface area contributed by atoms with Crippen LogP contribution in [0.4, 0.5) is 0 Å². The van der Waals surface area contributed by atoms with Gasteiger partial charge in [0.2, 0.25) is 0 Å². The molecule has 3 rings (SSSR count). The van der Waals surface area contributed by atoms with E-state index in [0.717, 1.165) is 17.0 Å². The van der Waals surface area contributed by atoms with Crippen molar-refractivity contribution in [2.75, 3.05) is 0 Å². The zero-order chi connectivity index (χ0) is 15.0. The maximum atomic E-state index is 4.66. The number of benzene rings is 1. The van der Waals surface area contributed by atoms with Crippen LogP contribution in [0.5, 0.6) is 0 Å². The second-order valence-corrected chi connectivity index (χ2v) is 6.74. The van der Waals surface area contributed by atoms with Gasteiger partial charge in [-0.15, -0.1) is 5.10 Å². The molecule has 0 saturated heterocycles. The summed E-state index contributed by atoms with van der Waals surface area (Å²) in [5, 5.41) is 8.39. The van der Waals surface area contributed by atoms with Crippen LogP contribution in [0.3, 0.4) is 0 Å². The summed E-state index contributed by atoms with van der Waals surface area (Å²) in [4.78, 5) is 9.14. The van der Waals surface area contributed by atoms with Gasteiger partial charge in [0.15, 0.2) is 11.2 Å². The van der Waals surface area contributed by atoms with Crippen LogP contribution in [0, 0.1) is 0 Å². The lowest BCUT2D eigenvalue weighted by Gasteiger charge is -2.16. The van der Waals surface area contributed by atoms with E-state index in [4.69, 9.17) is 0 Å². The molecule has 0 radical (unpaired) electrons. The Morgan fingerprint density at radius 2 is 1.81 bits per heavy atom. The molecule has 108 valence electrons. The van der Waals surface area contributed by atoms with E-state index in [-0.39, 0.29) is 5.41 Å². The summed E-state index contributed by atoms with van der Waals surface area (Å²) in [6.07, 6.45) is 0. The summed E-state index contributed by atoms with van der Waals surface area (Å²) < 4.78 is 2.50. The Kier molecular flexibility index (Phi) is 3.49. The Hall–Kier alpha value is -1.82. The van der Waals surface area contributed by atoms with Crippen LogP contribution < -0.4 is 0 Å². The van der Waals surface area contributed by atoms with E-state index in [9.17, 15) is 0 Å². The van der Waals surface area contributed by atoms with E-state index in [1.165, 1.54) is 0 Å². The van der Waals surface area contributed by atoms with Crippen molar-refractivity contribution in [3.63, 3.8) is 0 Å². The van der Waals surface area contributed by atoms with Gasteiger partial charge >= 0.3 is 0 Å². The predicted molar refractivity (Wildman–Crippen MR) is 85.1 cm³/mol. The van der Waals surface area contributed by atoms with Crippen molar-refractivity contribution < 1.29 is 0 Å². The molecule has 0 bridgehead atoms. The van der Waals surface area contributed by atoms with Crippen LogP contribution in [-0.2, 0) is 12.0 Å². The summed E-state index contributed by atoms with van der Waals surface area (Å²) in [5.74, 6) is 0.776. The monoisotopic (exact) mass is 345 g/mol. The molecular weight excluding hydrogens is 330 g/mol. The van der Waals surface area contributed by atoms with Gasteiger partial charge in [-0.1, -0.05) is 56.3 Å². The van der Waals surface area contributed by atoms with Crippen LogP contribution in [0.15, 0.2) is 34.9 Å². The fourth-order valence-corrected chi connectivity index (χ4v) is 2.45. The third kappa shape index (κ3) is 2.81. The van der Waals surface area contributed by atoms with E-state index in [1.54, 1.807) is 0 Å². The summed E-state index contributed by atoms with van der Waals surface area (Å²) in [6, 6.07) is 10.2. The fraction of sp³-hybridized carbons (Fsp3) is 0.333. The summed E-state index contributed by atoms with van der Waals surface area (Å²) in [5.41, 5.74) is 2.49. The molecule has 0 unspecified atom stereocenters. The van der Waals surface area contributed by atoms with Crippen molar-refractivity contribution in [2.24, 2.45) is 0 Å². The molecule has 0 aliphatic rings. The van der Waals surface area contributed by atoms with E-state index >= 15 is 0 Å². The van der Waals surface area contributed by atoms with Gasteiger partial charge in [-0.25, -0.2) is 14.6 Å². The number of nitrogens with zero attached hydrogens (tertiary/aromatic N) is 5. The Bertz CT molecular complexity index is 774. The van der Waals surface area contributed by atoms with Crippen molar-refractivity contribution in [1.29, 1.82) is 0 Å². The zero-order valence-electron chi connectivity index (χ0n) is 12.2. The Labute approximate surface area is 131 Å². The minimum atomic E-state index is -0.126. The highest BCUT2D eigenvalue weighted by atomic mass is 79.9. The molecular formula is C15H16BrN5. The molecule has 2 aromatic heterocycles. The minimum absolute atomic E-state index is 0.126. The zero-order valence-corrected chi connectivity index (χ0v) is 13.8. The number of aromatic nitrogens is 5. The average Bonchev–Trinajstić information content (AvgIpc) is 2.83. The van der Waals surface area contributed by atoms with Crippen LogP contribution in [0.2, 0.25) is 0 Å². The van der Waals surface area contributed by atoms with Crippen molar-refractivity contribution in [2.45, 2.75) is 32.7 Å². The SMILES string of the molecule is CC(C)(C)c1nc(Br)c2nnn(Cc3ccccc3)c2n1. The van der Waals surface area contributed by atoms with Gasteiger partial charge in [0.25, 0.3) is 0 Å². The van der Waals surface area contributed by atoms with E-state index in [2.05, 4.69) is 69.1 Å². The lowest BCUT2D eigenvalue weighted by molar-refractivity contribution is 0.544. The van der Waals surface area contributed by atoms with Crippen LogP contribution in [0.1, 0.15) is 32.2 Å². The van der Waals surface area contributed by atoms with Gasteiger partial charge in [0, 0.05) is 5.41 Å². The quantitative estimate of drug-likeness (QED) is 0.668. The lowest BCUT2D eigenvalue weighted by Crippen LogP contribution is -2.17. The molecule has 0 aliphatic heterocycles. The molecule has 0 amide bonds. The van der Waals surface area contributed by atoms with Gasteiger partial charge < -0.3 is 0 Å². The Balaban J connectivity index is 2.10. The molecule has 1 aromatic carbocycles.